The average Bonchev–Trinajstić information content (AvgIpc) is 3.21. The van der Waals surface area contributed by atoms with Crippen molar-refractivity contribution in [3.63, 3.8) is 0 Å². The highest BCUT2D eigenvalue weighted by molar-refractivity contribution is 6.00. The number of hydrogen-bond donors (Lipinski definition) is 0. The first-order valence-electron chi connectivity index (χ1n) is 10.9. The van der Waals surface area contributed by atoms with Gasteiger partial charge < -0.3 is 19.3 Å². The number of rotatable bonds is 4. The van der Waals surface area contributed by atoms with Gasteiger partial charge in [0.25, 0.3) is 0 Å². The summed E-state index contributed by atoms with van der Waals surface area (Å²) in [7, 11) is 0. The standard InChI is InChI=1S/C24H27N3O4/c28-23-14-19(17-27(23)20-6-7-21-22(15-20)31-13-12-30-21)24(29)26-10-8-25(9-11-26)16-18-4-2-1-3-5-18/h1-7,15,19H,8-14,16-17H2. The van der Waals surface area contributed by atoms with Crippen molar-refractivity contribution in [2.45, 2.75) is 13.0 Å². The molecule has 0 spiro atoms. The molecular weight excluding hydrogens is 394 g/mol. The van der Waals surface area contributed by atoms with Gasteiger partial charge in [-0.25, -0.2) is 0 Å². The van der Waals surface area contributed by atoms with Crippen molar-refractivity contribution in [3.05, 3.63) is 54.1 Å². The molecule has 1 unspecified atom stereocenters. The fourth-order valence-electron chi connectivity index (χ4n) is 4.55. The zero-order valence-corrected chi connectivity index (χ0v) is 17.5. The highest BCUT2D eigenvalue weighted by Gasteiger charge is 2.38. The van der Waals surface area contributed by atoms with E-state index < -0.39 is 0 Å². The van der Waals surface area contributed by atoms with Gasteiger partial charge in [-0.15, -0.1) is 0 Å². The van der Waals surface area contributed by atoms with Crippen LogP contribution in [0.2, 0.25) is 0 Å². The second-order valence-corrected chi connectivity index (χ2v) is 8.32. The number of hydrogen-bond acceptors (Lipinski definition) is 5. The number of carbonyl (C=O) groups is 2. The molecular formula is C24H27N3O4. The molecule has 2 aromatic rings. The molecule has 0 bridgehead atoms. The smallest absolute Gasteiger partial charge is 0.228 e. The fourth-order valence-corrected chi connectivity index (χ4v) is 4.55. The number of nitrogens with zero attached hydrogens (tertiary/aromatic N) is 3. The average molecular weight is 421 g/mol. The number of carbonyl (C=O) groups excluding carboxylic acids is 2. The van der Waals surface area contributed by atoms with E-state index in [9.17, 15) is 9.59 Å². The highest BCUT2D eigenvalue weighted by Crippen LogP contribution is 2.36. The first-order valence-corrected chi connectivity index (χ1v) is 10.9. The lowest BCUT2D eigenvalue weighted by molar-refractivity contribution is -0.137. The summed E-state index contributed by atoms with van der Waals surface area (Å²) in [4.78, 5) is 31.8. The van der Waals surface area contributed by atoms with Crippen LogP contribution < -0.4 is 14.4 Å². The molecule has 0 radical (unpaired) electrons. The first kappa shape index (κ1) is 19.9. The fraction of sp³-hybridized carbons (Fsp3) is 0.417. The lowest BCUT2D eigenvalue weighted by atomic mass is 10.1. The van der Waals surface area contributed by atoms with E-state index in [0.717, 1.165) is 25.3 Å². The van der Waals surface area contributed by atoms with Gasteiger partial charge >= 0.3 is 0 Å². The maximum atomic E-state index is 13.1. The molecule has 0 N–H and O–H groups in total. The summed E-state index contributed by atoms with van der Waals surface area (Å²) in [6, 6.07) is 15.9. The van der Waals surface area contributed by atoms with Crippen molar-refractivity contribution >= 4 is 17.5 Å². The van der Waals surface area contributed by atoms with E-state index in [4.69, 9.17) is 9.47 Å². The Morgan fingerprint density at radius 3 is 2.45 bits per heavy atom. The molecule has 5 rings (SSSR count). The van der Waals surface area contributed by atoms with Crippen molar-refractivity contribution in [2.24, 2.45) is 5.92 Å². The lowest BCUT2D eigenvalue weighted by Crippen LogP contribution is -2.50. The Kier molecular flexibility index (Phi) is 5.51. The molecule has 3 aliphatic rings. The van der Waals surface area contributed by atoms with E-state index in [2.05, 4.69) is 29.2 Å². The van der Waals surface area contributed by atoms with Crippen LogP contribution >= 0.6 is 0 Å². The molecule has 7 nitrogen and oxygen atoms in total. The highest BCUT2D eigenvalue weighted by atomic mass is 16.6. The summed E-state index contributed by atoms with van der Waals surface area (Å²) >= 11 is 0. The predicted octanol–water partition coefficient (Wildman–Crippen LogP) is 2.16. The first-order chi connectivity index (χ1) is 15.2. The minimum Gasteiger partial charge on any atom is -0.486 e. The Bertz CT molecular complexity index is 957. The van der Waals surface area contributed by atoms with Gasteiger partial charge in [0, 0.05) is 57.4 Å². The number of anilines is 1. The van der Waals surface area contributed by atoms with Crippen LogP contribution in [0.3, 0.4) is 0 Å². The van der Waals surface area contributed by atoms with Gasteiger partial charge in [0.2, 0.25) is 11.8 Å². The summed E-state index contributed by atoms with van der Waals surface area (Å²) in [5, 5.41) is 0. The van der Waals surface area contributed by atoms with Crippen molar-refractivity contribution < 1.29 is 19.1 Å². The minimum absolute atomic E-state index is 0.0160. The van der Waals surface area contributed by atoms with Crippen LogP contribution in [0, 0.1) is 5.92 Å². The number of ether oxygens (including phenoxy) is 2. The van der Waals surface area contributed by atoms with Gasteiger partial charge in [-0.1, -0.05) is 30.3 Å². The third-order valence-electron chi connectivity index (χ3n) is 6.24. The van der Waals surface area contributed by atoms with E-state index in [1.54, 1.807) is 4.90 Å². The van der Waals surface area contributed by atoms with Crippen molar-refractivity contribution in [1.82, 2.24) is 9.80 Å². The van der Waals surface area contributed by atoms with Gasteiger partial charge in [0.05, 0.1) is 5.92 Å². The Labute approximate surface area is 182 Å². The number of piperazine rings is 1. The number of fused-ring (bicyclic) bond motifs is 1. The molecule has 2 aromatic carbocycles. The van der Waals surface area contributed by atoms with Crippen LogP contribution in [0.25, 0.3) is 0 Å². The quantitative estimate of drug-likeness (QED) is 0.757. The predicted molar refractivity (Wildman–Crippen MR) is 116 cm³/mol. The lowest BCUT2D eigenvalue weighted by Gasteiger charge is -2.36. The molecule has 2 fully saturated rings. The molecule has 0 saturated carbocycles. The molecule has 162 valence electrons. The Morgan fingerprint density at radius 1 is 0.935 bits per heavy atom. The normalized spacial score (nSPS) is 21.4. The van der Waals surface area contributed by atoms with E-state index in [0.29, 0.717) is 44.3 Å². The van der Waals surface area contributed by atoms with E-state index >= 15 is 0 Å². The second-order valence-electron chi connectivity index (χ2n) is 8.32. The third-order valence-corrected chi connectivity index (χ3v) is 6.24. The molecule has 0 aromatic heterocycles. The van der Waals surface area contributed by atoms with E-state index in [-0.39, 0.29) is 24.2 Å². The molecule has 7 heteroatoms. The van der Waals surface area contributed by atoms with Gasteiger partial charge in [-0.2, -0.15) is 0 Å². The van der Waals surface area contributed by atoms with Crippen LogP contribution in [0.1, 0.15) is 12.0 Å². The summed E-state index contributed by atoms with van der Waals surface area (Å²) in [5.41, 5.74) is 2.05. The number of benzene rings is 2. The van der Waals surface area contributed by atoms with Crippen molar-refractivity contribution in [3.8, 4) is 11.5 Å². The molecule has 1 atom stereocenters. The Morgan fingerprint density at radius 2 is 1.68 bits per heavy atom. The summed E-state index contributed by atoms with van der Waals surface area (Å²) in [6.45, 7) is 5.48. The monoisotopic (exact) mass is 421 g/mol. The molecule has 0 aliphatic carbocycles. The van der Waals surface area contributed by atoms with Crippen LogP contribution in [-0.2, 0) is 16.1 Å². The summed E-state index contributed by atoms with van der Waals surface area (Å²) in [6.07, 6.45) is 0.261. The van der Waals surface area contributed by atoms with Gasteiger partial charge in [-0.3, -0.25) is 14.5 Å². The molecule has 3 heterocycles. The van der Waals surface area contributed by atoms with Crippen LogP contribution in [0.15, 0.2) is 48.5 Å². The van der Waals surface area contributed by atoms with Crippen molar-refractivity contribution in [1.29, 1.82) is 0 Å². The van der Waals surface area contributed by atoms with Crippen LogP contribution in [0.5, 0.6) is 11.5 Å². The molecule has 31 heavy (non-hydrogen) atoms. The zero-order chi connectivity index (χ0) is 21.2. The molecule has 2 saturated heterocycles. The van der Waals surface area contributed by atoms with Crippen molar-refractivity contribution in [2.75, 3.05) is 50.8 Å². The van der Waals surface area contributed by atoms with Crippen LogP contribution in [-0.4, -0.2) is 67.6 Å². The Balaban J connectivity index is 1.18. The van der Waals surface area contributed by atoms with E-state index in [1.165, 1.54) is 5.56 Å². The SMILES string of the molecule is O=C(C1CC(=O)N(c2ccc3c(c2)OCCO3)C1)N1CCN(Cc2ccccc2)CC1. The van der Waals surface area contributed by atoms with Crippen LogP contribution in [0.4, 0.5) is 5.69 Å². The number of amides is 2. The van der Waals surface area contributed by atoms with Gasteiger partial charge in [-0.05, 0) is 17.7 Å². The maximum Gasteiger partial charge on any atom is 0.228 e. The van der Waals surface area contributed by atoms with Gasteiger partial charge in [0.1, 0.15) is 13.2 Å². The second kappa shape index (κ2) is 8.59. The summed E-state index contributed by atoms with van der Waals surface area (Å²) < 4.78 is 11.2. The topological polar surface area (TPSA) is 62.3 Å². The zero-order valence-electron chi connectivity index (χ0n) is 17.5. The third kappa shape index (κ3) is 4.23. The largest absolute Gasteiger partial charge is 0.486 e. The van der Waals surface area contributed by atoms with E-state index in [1.807, 2.05) is 29.2 Å². The Hall–Kier alpha value is -3.06. The molecule has 3 aliphatic heterocycles. The maximum absolute atomic E-state index is 13.1. The minimum atomic E-state index is -0.290. The van der Waals surface area contributed by atoms with Gasteiger partial charge in [0.15, 0.2) is 11.5 Å². The summed E-state index contributed by atoms with van der Waals surface area (Å²) in [5.74, 6) is 1.13. The molecule has 2 amide bonds.